The summed E-state index contributed by atoms with van der Waals surface area (Å²) in [5.41, 5.74) is 5.20. The number of aromatic amines is 1. The van der Waals surface area contributed by atoms with Crippen LogP contribution in [0.3, 0.4) is 0 Å². The van der Waals surface area contributed by atoms with E-state index in [1.165, 1.54) is 12.1 Å². The summed E-state index contributed by atoms with van der Waals surface area (Å²) in [4.78, 5) is 13.7. The van der Waals surface area contributed by atoms with Gasteiger partial charge < -0.3 is 14.9 Å². The van der Waals surface area contributed by atoms with Crippen LogP contribution in [0.5, 0.6) is 0 Å². The van der Waals surface area contributed by atoms with Crippen molar-refractivity contribution in [3.63, 3.8) is 0 Å². The Bertz CT molecular complexity index is 574. The Morgan fingerprint density at radius 2 is 2.17 bits per heavy atom. The van der Waals surface area contributed by atoms with Crippen LogP contribution in [0, 0.1) is 0 Å². The molecule has 0 spiro atoms. The molecule has 0 aliphatic heterocycles. The summed E-state index contributed by atoms with van der Waals surface area (Å²) in [5, 5.41) is 14.9. The van der Waals surface area contributed by atoms with E-state index in [0.717, 1.165) is 11.4 Å². The van der Waals surface area contributed by atoms with Crippen molar-refractivity contribution in [3.8, 4) is 0 Å². The number of carbonyl (C=O) groups excluding carboxylic acids is 1. The minimum atomic E-state index is -1.20. The van der Waals surface area contributed by atoms with Gasteiger partial charge in [-0.1, -0.05) is 12.1 Å². The molecule has 0 bridgehead atoms. The molecule has 2 rings (SSSR count). The molecule has 0 radical (unpaired) electrons. The smallest absolute Gasteiger partial charge is 0.0810 e. The first-order valence-corrected chi connectivity index (χ1v) is 5.42. The molecule has 92 valence electrons. The van der Waals surface area contributed by atoms with Crippen LogP contribution in [0.15, 0.2) is 47.7 Å². The molecule has 0 atom stereocenters. The maximum atomic E-state index is 10.7. The molecule has 0 saturated carbocycles. The van der Waals surface area contributed by atoms with Crippen LogP contribution in [0.2, 0.25) is 0 Å². The zero-order chi connectivity index (χ0) is 13.0. The first kappa shape index (κ1) is 11.9. The van der Waals surface area contributed by atoms with Crippen molar-refractivity contribution in [1.29, 1.82) is 0 Å². The molecule has 0 saturated heterocycles. The fourth-order valence-corrected chi connectivity index (χ4v) is 1.48. The number of carboxylic acids is 1. The highest BCUT2D eigenvalue weighted by molar-refractivity contribution is 5.97. The maximum absolute atomic E-state index is 10.7. The molecule has 1 aromatic carbocycles. The van der Waals surface area contributed by atoms with Crippen LogP contribution >= 0.6 is 0 Å². The van der Waals surface area contributed by atoms with E-state index in [4.69, 9.17) is 0 Å². The fourth-order valence-electron chi connectivity index (χ4n) is 1.48. The molecule has 1 heterocycles. The van der Waals surface area contributed by atoms with Crippen molar-refractivity contribution in [2.45, 2.75) is 6.92 Å². The summed E-state index contributed by atoms with van der Waals surface area (Å²) in [6, 6.07) is 10.1. The molecule has 5 nitrogen and oxygen atoms in total. The largest absolute Gasteiger partial charge is 0.545 e. The highest BCUT2D eigenvalue weighted by Crippen LogP contribution is 2.10. The molecule has 0 aliphatic carbocycles. The number of aromatic nitrogens is 1. The van der Waals surface area contributed by atoms with Crippen LogP contribution in [0.1, 0.15) is 23.0 Å². The number of rotatable bonds is 4. The summed E-state index contributed by atoms with van der Waals surface area (Å²) in [6.07, 6.45) is 1.81. The number of hydrazone groups is 1. The zero-order valence-electron chi connectivity index (χ0n) is 9.81. The number of hydrogen-bond donors (Lipinski definition) is 2. The summed E-state index contributed by atoms with van der Waals surface area (Å²) in [7, 11) is 0. The first-order chi connectivity index (χ1) is 8.66. The number of nitrogens with zero attached hydrogens (tertiary/aromatic N) is 1. The lowest BCUT2D eigenvalue weighted by Crippen LogP contribution is -2.22. The Labute approximate surface area is 104 Å². The van der Waals surface area contributed by atoms with Crippen molar-refractivity contribution < 1.29 is 9.90 Å². The van der Waals surface area contributed by atoms with Gasteiger partial charge in [-0.15, -0.1) is 0 Å². The number of carbonyl (C=O) groups is 1. The van der Waals surface area contributed by atoms with Gasteiger partial charge >= 0.3 is 0 Å². The van der Waals surface area contributed by atoms with Gasteiger partial charge in [-0.3, -0.25) is 5.43 Å². The van der Waals surface area contributed by atoms with Gasteiger partial charge in [0.25, 0.3) is 0 Å². The lowest BCUT2D eigenvalue weighted by Gasteiger charge is -2.06. The quantitative estimate of drug-likeness (QED) is 0.624. The molecule has 18 heavy (non-hydrogen) atoms. The van der Waals surface area contributed by atoms with Crippen LogP contribution in [0.4, 0.5) is 5.69 Å². The van der Waals surface area contributed by atoms with Crippen molar-refractivity contribution in [1.82, 2.24) is 4.98 Å². The predicted octanol–water partition coefficient (Wildman–Crippen LogP) is 1.21. The molecular formula is C13H12N3O2-. The maximum Gasteiger partial charge on any atom is 0.0810 e. The van der Waals surface area contributed by atoms with Crippen LogP contribution in [-0.4, -0.2) is 16.7 Å². The number of benzene rings is 1. The number of carboxylic acid groups (broad SMARTS) is 1. The number of H-pyrrole nitrogens is 1. The van der Waals surface area contributed by atoms with Crippen molar-refractivity contribution >= 4 is 17.4 Å². The fraction of sp³-hybridized carbons (Fsp3) is 0.0769. The third kappa shape index (κ3) is 2.76. The number of hydrogen-bond acceptors (Lipinski definition) is 4. The van der Waals surface area contributed by atoms with E-state index >= 15 is 0 Å². The second-order valence-electron chi connectivity index (χ2n) is 3.76. The lowest BCUT2D eigenvalue weighted by atomic mass is 10.2. The van der Waals surface area contributed by atoms with E-state index < -0.39 is 5.97 Å². The normalized spacial score (nSPS) is 11.3. The molecule has 0 fully saturated rings. The van der Waals surface area contributed by atoms with Gasteiger partial charge in [0, 0.05) is 6.20 Å². The summed E-state index contributed by atoms with van der Waals surface area (Å²) in [5.74, 6) is -1.20. The molecule has 0 aliphatic rings. The van der Waals surface area contributed by atoms with Gasteiger partial charge in [0.15, 0.2) is 0 Å². The highest BCUT2D eigenvalue weighted by atomic mass is 16.4. The molecule has 1 aromatic heterocycles. The van der Waals surface area contributed by atoms with E-state index in [9.17, 15) is 9.90 Å². The van der Waals surface area contributed by atoms with Gasteiger partial charge in [-0.2, -0.15) is 5.10 Å². The predicted molar refractivity (Wildman–Crippen MR) is 67.4 cm³/mol. The Hall–Kier alpha value is -2.56. The average Bonchev–Trinajstić information content (AvgIpc) is 2.90. The first-order valence-electron chi connectivity index (χ1n) is 5.42. The minimum absolute atomic E-state index is 0.118. The minimum Gasteiger partial charge on any atom is -0.545 e. The van der Waals surface area contributed by atoms with Gasteiger partial charge in [0.05, 0.1) is 23.1 Å². The Balaban J connectivity index is 2.13. The lowest BCUT2D eigenvalue weighted by molar-refractivity contribution is -0.255. The van der Waals surface area contributed by atoms with E-state index in [1.807, 2.05) is 25.3 Å². The second-order valence-corrected chi connectivity index (χ2v) is 3.76. The zero-order valence-corrected chi connectivity index (χ0v) is 9.81. The second kappa shape index (κ2) is 5.18. The van der Waals surface area contributed by atoms with Gasteiger partial charge in [0.2, 0.25) is 0 Å². The highest BCUT2D eigenvalue weighted by Gasteiger charge is 1.98. The van der Waals surface area contributed by atoms with E-state index in [1.54, 1.807) is 12.1 Å². The van der Waals surface area contributed by atoms with E-state index in [0.29, 0.717) is 5.69 Å². The van der Waals surface area contributed by atoms with E-state index in [2.05, 4.69) is 15.5 Å². The van der Waals surface area contributed by atoms with Crippen LogP contribution < -0.4 is 10.5 Å². The molecule has 5 heteroatoms. The van der Waals surface area contributed by atoms with Gasteiger partial charge in [-0.05, 0) is 36.8 Å². The summed E-state index contributed by atoms with van der Waals surface area (Å²) < 4.78 is 0. The number of nitrogens with one attached hydrogen (secondary N) is 2. The van der Waals surface area contributed by atoms with Gasteiger partial charge in [-0.25, -0.2) is 0 Å². The SMILES string of the molecule is C/C(=N\Nc1cccc(C(=O)[O-])c1)c1ccc[nH]1. The topological polar surface area (TPSA) is 80.3 Å². The summed E-state index contributed by atoms with van der Waals surface area (Å²) in [6.45, 7) is 1.85. The molecule has 0 unspecified atom stereocenters. The standard InChI is InChI=1S/C13H13N3O2/c1-9(12-6-3-7-14-12)15-16-11-5-2-4-10(8-11)13(17)18/h2-8,14,16H,1H3,(H,17,18)/p-1/b15-9+. The number of anilines is 1. The van der Waals surface area contributed by atoms with E-state index in [-0.39, 0.29) is 5.56 Å². The number of aromatic carboxylic acids is 1. The third-order valence-electron chi connectivity index (χ3n) is 2.44. The third-order valence-corrected chi connectivity index (χ3v) is 2.44. The Morgan fingerprint density at radius 1 is 1.33 bits per heavy atom. The molecule has 2 N–H and O–H groups in total. The summed E-state index contributed by atoms with van der Waals surface area (Å²) >= 11 is 0. The molecule has 2 aromatic rings. The molecule has 0 amide bonds. The molecular weight excluding hydrogens is 230 g/mol. The Kier molecular flexibility index (Phi) is 3.43. The van der Waals surface area contributed by atoms with Crippen molar-refractivity contribution in [2.75, 3.05) is 5.43 Å². The van der Waals surface area contributed by atoms with Crippen LogP contribution in [-0.2, 0) is 0 Å². The van der Waals surface area contributed by atoms with Crippen molar-refractivity contribution in [2.24, 2.45) is 5.10 Å². The van der Waals surface area contributed by atoms with Crippen molar-refractivity contribution in [3.05, 3.63) is 53.9 Å². The Morgan fingerprint density at radius 3 is 2.83 bits per heavy atom. The average molecular weight is 242 g/mol. The monoisotopic (exact) mass is 242 g/mol. The van der Waals surface area contributed by atoms with Crippen LogP contribution in [0.25, 0.3) is 0 Å². The van der Waals surface area contributed by atoms with Gasteiger partial charge in [0.1, 0.15) is 0 Å².